The molecule has 8 heteroatoms. The lowest BCUT2D eigenvalue weighted by Gasteiger charge is -2.35. The van der Waals surface area contributed by atoms with Gasteiger partial charge in [0.15, 0.2) is 5.82 Å². The molecular weight excluding hydrogens is 520 g/mol. The van der Waals surface area contributed by atoms with Gasteiger partial charge in [0.1, 0.15) is 11.1 Å². The Hall–Kier alpha value is -4.04. The topological polar surface area (TPSA) is 79.5 Å². The van der Waals surface area contributed by atoms with Crippen molar-refractivity contribution in [2.24, 2.45) is 0 Å². The molecule has 2 aromatic heterocycles. The number of carbonyl (C=O) groups excluding carboxylic acids is 1. The van der Waals surface area contributed by atoms with E-state index in [1.54, 1.807) is 23.1 Å². The molecule has 0 radical (unpaired) electrons. The number of fused-ring (bicyclic) bond motifs is 2. The van der Waals surface area contributed by atoms with E-state index in [-0.39, 0.29) is 11.5 Å². The molecule has 7 nitrogen and oxygen atoms in total. The molecule has 6 rings (SSSR count). The molecule has 1 aliphatic heterocycles. The van der Waals surface area contributed by atoms with E-state index in [9.17, 15) is 9.59 Å². The van der Waals surface area contributed by atoms with Crippen molar-refractivity contribution >= 4 is 49.4 Å². The van der Waals surface area contributed by atoms with Crippen molar-refractivity contribution in [2.75, 3.05) is 31.1 Å². The fourth-order valence-corrected chi connectivity index (χ4v) is 4.93. The summed E-state index contributed by atoms with van der Waals surface area (Å²) in [5.74, 6) is 0.449. The van der Waals surface area contributed by atoms with Crippen LogP contribution in [0.25, 0.3) is 33.0 Å². The van der Waals surface area contributed by atoms with Gasteiger partial charge in [-0.05, 0) is 53.2 Å². The number of halogens is 1. The van der Waals surface area contributed by atoms with Crippen LogP contribution >= 0.6 is 15.9 Å². The van der Waals surface area contributed by atoms with Crippen LogP contribution in [0.3, 0.4) is 0 Å². The third kappa shape index (κ3) is 4.24. The first-order valence-electron chi connectivity index (χ1n) is 11.7. The number of amides is 1. The Morgan fingerprint density at radius 2 is 1.61 bits per heavy atom. The SMILES string of the molecule is O=C(c1cc2cc(Br)ccc2oc1=O)N1CCN(c2ccc(-c3ccc4ccccc4c3)nn2)CC1. The van der Waals surface area contributed by atoms with Crippen LogP contribution in [0.15, 0.2) is 92.5 Å². The second-order valence-corrected chi connectivity index (χ2v) is 9.66. The number of hydrogen-bond donors (Lipinski definition) is 0. The maximum absolute atomic E-state index is 13.1. The zero-order chi connectivity index (χ0) is 24.6. The predicted molar refractivity (Wildman–Crippen MR) is 143 cm³/mol. The van der Waals surface area contributed by atoms with Crippen molar-refractivity contribution in [1.82, 2.24) is 15.1 Å². The molecule has 0 N–H and O–H groups in total. The van der Waals surface area contributed by atoms with Crippen LogP contribution in [0.5, 0.6) is 0 Å². The zero-order valence-corrected chi connectivity index (χ0v) is 20.8. The van der Waals surface area contributed by atoms with Crippen LogP contribution in [0, 0.1) is 0 Å². The summed E-state index contributed by atoms with van der Waals surface area (Å²) < 4.78 is 6.22. The number of piperazine rings is 1. The van der Waals surface area contributed by atoms with Gasteiger partial charge in [-0.3, -0.25) is 4.79 Å². The molecule has 3 aromatic carbocycles. The maximum Gasteiger partial charge on any atom is 0.349 e. The molecule has 1 saturated heterocycles. The van der Waals surface area contributed by atoms with E-state index in [1.165, 1.54) is 5.39 Å². The quantitative estimate of drug-likeness (QED) is 0.295. The van der Waals surface area contributed by atoms with Gasteiger partial charge in [-0.1, -0.05) is 52.3 Å². The molecule has 0 unspecified atom stereocenters. The van der Waals surface area contributed by atoms with Crippen molar-refractivity contribution in [3.63, 3.8) is 0 Å². The molecule has 0 aliphatic carbocycles. The Labute approximate surface area is 215 Å². The Bertz CT molecular complexity index is 1660. The number of rotatable bonds is 3. The van der Waals surface area contributed by atoms with Gasteiger partial charge in [-0.15, -0.1) is 10.2 Å². The monoisotopic (exact) mass is 540 g/mol. The van der Waals surface area contributed by atoms with Gasteiger partial charge in [0.2, 0.25) is 0 Å². The van der Waals surface area contributed by atoms with Crippen LogP contribution in [-0.4, -0.2) is 47.2 Å². The molecule has 1 fully saturated rings. The number of benzene rings is 3. The lowest BCUT2D eigenvalue weighted by atomic mass is 10.1. The van der Waals surface area contributed by atoms with Gasteiger partial charge in [-0.2, -0.15) is 0 Å². The average Bonchev–Trinajstić information content (AvgIpc) is 2.92. The zero-order valence-electron chi connectivity index (χ0n) is 19.2. The van der Waals surface area contributed by atoms with Gasteiger partial charge in [0.25, 0.3) is 5.91 Å². The first-order valence-corrected chi connectivity index (χ1v) is 12.4. The van der Waals surface area contributed by atoms with Crippen molar-refractivity contribution < 1.29 is 9.21 Å². The fourth-order valence-electron chi connectivity index (χ4n) is 4.55. The molecule has 3 heterocycles. The molecule has 5 aromatic rings. The van der Waals surface area contributed by atoms with E-state index in [2.05, 4.69) is 61.4 Å². The van der Waals surface area contributed by atoms with Crippen molar-refractivity contribution in [3.8, 4) is 11.3 Å². The third-order valence-electron chi connectivity index (χ3n) is 6.51. The maximum atomic E-state index is 13.1. The molecule has 0 bridgehead atoms. The smallest absolute Gasteiger partial charge is 0.349 e. The molecule has 178 valence electrons. The summed E-state index contributed by atoms with van der Waals surface area (Å²) >= 11 is 3.41. The van der Waals surface area contributed by atoms with E-state index in [1.807, 2.05) is 30.3 Å². The summed E-state index contributed by atoms with van der Waals surface area (Å²) in [4.78, 5) is 29.3. The summed E-state index contributed by atoms with van der Waals surface area (Å²) in [5, 5.41) is 11.9. The Morgan fingerprint density at radius 3 is 2.39 bits per heavy atom. The Kier molecular flexibility index (Phi) is 5.73. The molecule has 1 aliphatic rings. The van der Waals surface area contributed by atoms with Crippen molar-refractivity contribution in [2.45, 2.75) is 0 Å². The average molecular weight is 541 g/mol. The van der Waals surface area contributed by atoms with Crippen LogP contribution in [0.1, 0.15) is 10.4 Å². The van der Waals surface area contributed by atoms with E-state index >= 15 is 0 Å². The van der Waals surface area contributed by atoms with E-state index < -0.39 is 5.63 Å². The largest absolute Gasteiger partial charge is 0.422 e. The number of aromatic nitrogens is 2. The molecule has 36 heavy (non-hydrogen) atoms. The first-order chi connectivity index (χ1) is 17.5. The minimum Gasteiger partial charge on any atom is -0.422 e. The molecule has 0 saturated carbocycles. The molecular formula is C28H21BrN4O3. The van der Waals surface area contributed by atoms with Gasteiger partial charge in [-0.25, -0.2) is 4.79 Å². The van der Waals surface area contributed by atoms with Crippen LogP contribution in [0.4, 0.5) is 5.82 Å². The summed E-state index contributed by atoms with van der Waals surface area (Å²) in [7, 11) is 0. The summed E-state index contributed by atoms with van der Waals surface area (Å²) in [6.45, 7) is 2.15. The molecule has 0 atom stereocenters. The minimum absolute atomic E-state index is 0.0496. The lowest BCUT2D eigenvalue weighted by molar-refractivity contribution is 0.0742. The number of nitrogens with zero attached hydrogens (tertiary/aromatic N) is 4. The fraction of sp³-hybridized carbons (Fsp3) is 0.143. The summed E-state index contributed by atoms with van der Waals surface area (Å²) in [6.07, 6.45) is 0. The number of anilines is 1. The lowest BCUT2D eigenvalue weighted by Crippen LogP contribution is -2.49. The van der Waals surface area contributed by atoms with Gasteiger partial charge in [0.05, 0.1) is 5.69 Å². The van der Waals surface area contributed by atoms with Gasteiger partial charge < -0.3 is 14.2 Å². The first kappa shape index (κ1) is 22.4. The number of carbonyl (C=O) groups is 1. The predicted octanol–water partition coefficient (Wildman–Crippen LogP) is 5.13. The van der Waals surface area contributed by atoms with E-state index in [0.717, 1.165) is 26.9 Å². The highest BCUT2D eigenvalue weighted by Crippen LogP contribution is 2.24. The Morgan fingerprint density at radius 1 is 0.806 bits per heavy atom. The second kappa shape index (κ2) is 9.20. The van der Waals surface area contributed by atoms with E-state index in [4.69, 9.17) is 4.42 Å². The highest BCUT2D eigenvalue weighted by molar-refractivity contribution is 9.10. The standard InChI is InChI=1S/C28H21BrN4O3/c29-22-7-9-25-21(16-22)17-23(28(35)36-25)27(34)33-13-11-32(12-14-33)26-10-8-24(30-31-26)20-6-5-18-3-1-2-4-19(18)15-20/h1-10,15-17H,11-14H2. The third-order valence-corrected chi connectivity index (χ3v) is 7.00. The van der Waals surface area contributed by atoms with Crippen LogP contribution < -0.4 is 10.5 Å². The van der Waals surface area contributed by atoms with Gasteiger partial charge >= 0.3 is 5.63 Å². The summed E-state index contributed by atoms with van der Waals surface area (Å²) in [5.41, 5.74) is 1.72. The molecule has 0 spiro atoms. The van der Waals surface area contributed by atoms with Crippen molar-refractivity contribution in [1.29, 1.82) is 0 Å². The summed E-state index contributed by atoms with van der Waals surface area (Å²) in [6, 6.07) is 25.4. The minimum atomic E-state index is -0.618. The van der Waals surface area contributed by atoms with Crippen LogP contribution in [0.2, 0.25) is 0 Å². The van der Waals surface area contributed by atoms with Crippen molar-refractivity contribution in [3.05, 3.63) is 99.3 Å². The second-order valence-electron chi connectivity index (χ2n) is 8.75. The normalized spacial score (nSPS) is 13.9. The van der Waals surface area contributed by atoms with E-state index in [0.29, 0.717) is 37.1 Å². The highest BCUT2D eigenvalue weighted by atomic mass is 79.9. The van der Waals surface area contributed by atoms with Gasteiger partial charge in [0, 0.05) is 41.6 Å². The molecule has 1 amide bonds. The Balaban J connectivity index is 1.15. The number of hydrogen-bond acceptors (Lipinski definition) is 6. The van der Waals surface area contributed by atoms with Crippen LogP contribution in [-0.2, 0) is 0 Å². The highest BCUT2D eigenvalue weighted by Gasteiger charge is 2.25.